The second-order valence-corrected chi connectivity index (χ2v) is 10.3. The first kappa shape index (κ1) is 21.2. The van der Waals surface area contributed by atoms with Gasteiger partial charge in [0.1, 0.15) is 10.7 Å². The van der Waals surface area contributed by atoms with Crippen LogP contribution in [-0.4, -0.2) is 23.3 Å². The Kier molecular flexibility index (Phi) is 5.74. The van der Waals surface area contributed by atoms with Gasteiger partial charge in [0.25, 0.3) is 0 Å². The van der Waals surface area contributed by atoms with Crippen molar-refractivity contribution in [1.29, 1.82) is 0 Å². The van der Waals surface area contributed by atoms with Gasteiger partial charge >= 0.3 is 0 Å². The summed E-state index contributed by atoms with van der Waals surface area (Å²) >= 11 is 3.31. The average molecular weight is 461 g/mol. The second kappa shape index (κ2) is 8.68. The molecule has 3 aromatic carbocycles. The van der Waals surface area contributed by atoms with E-state index < -0.39 is 0 Å². The summed E-state index contributed by atoms with van der Waals surface area (Å²) in [5.74, 6) is 1.23. The summed E-state index contributed by atoms with van der Waals surface area (Å²) in [7, 11) is 0. The smallest absolute Gasteiger partial charge is 0.238 e. The standard InChI is InChI=1S/C26H24N2O2S2/c1-17-5-3-7-21(13-17)27-23(29)15-31-25(27)19-9-11-20(12-10-19)26-28(24(30)16-32-26)22-8-4-6-18(2)14-22/h3-14,25-26H,15-16H2,1-2H3. The van der Waals surface area contributed by atoms with Gasteiger partial charge in [0.2, 0.25) is 11.8 Å². The van der Waals surface area contributed by atoms with Crippen LogP contribution in [0.5, 0.6) is 0 Å². The molecular formula is C26H24N2O2S2. The number of anilines is 2. The summed E-state index contributed by atoms with van der Waals surface area (Å²) in [6.07, 6.45) is 0. The Balaban J connectivity index is 1.42. The number of amides is 2. The number of carbonyl (C=O) groups is 2. The molecule has 6 heteroatoms. The summed E-state index contributed by atoms with van der Waals surface area (Å²) in [6, 6.07) is 24.6. The number of benzene rings is 3. The van der Waals surface area contributed by atoms with Gasteiger partial charge in [-0.2, -0.15) is 0 Å². The van der Waals surface area contributed by atoms with Gasteiger partial charge in [-0.15, -0.1) is 23.5 Å². The minimum absolute atomic E-state index is 0.0379. The maximum Gasteiger partial charge on any atom is 0.238 e. The Morgan fingerprint density at radius 2 is 1.06 bits per heavy atom. The molecule has 2 amide bonds. The number of aryl methyl sites for hydroxylation is 2. The zero-order valence-electron chi connectivity index (χ0n) is 18.0. The fourth-order valence-corrected chi connectivity index (χ4v) is 6.64. The van der Waals surface area contributed by atoms with Crippen LogP contribution in [0.1, 0.15) is 33.0 Å². The van der Waals surface area contributed by atoms with Crippen LogP contribution in [0.15, 0.2) is 72.8 Å². The molecule has 2 saturated heterocycles. The summed E-state index contributed by atoms with van der Waals surface area (Å²) in [6.45, 7) is 4.09. The zero-order chi connectivity index (χ0) is 22.2. The first-order valence-corrected chi connectivity index (χ1v) is 12.7. The Labute approximate surface area is 197 Å². The third kappa shape index (κ3) is 3.93. The van der Waals surface area contributed by atoms with Gasteiger partial charge in [-0.05, 0) is 60.4 Å². The molecule has 32 heavy (non-hydrogen) atoms. The van der Waals surface area contributed by atoms with Gasteiger partial charge < -0.3 is 0 Å². The van der Waals surface area contributed by atoms with E-state index in [1.807, 2.05) is 60.0 Å². The van der Waals surface area contributed by atoms with E-state index in [0.717, 1.165) is 33.6 Å². The fourth-order valence-electron chi connectivity index (χ4n) is 4.28. The van der Waals surface area contributed by atoms with E-state index in [9.17, 15) is 9.59 Å². The molecule has 4 nitrogen and oxygen atoms in total. The van der Waals surface area contributed by atoms with E-state index in [1.54, 1.807) is 23.5 Å². The third-order valence-electron chi connectivity index (χ3n) is 5.80. The highest BCUT2D eigenvalue weighted by Crippen LogP contribution is 2.44. The predicted octanol–water partition coefficient (Wildman–Crippen LogP) is 5.86. The number of nitrogens with zero attached hydrogens (tertiary/aromatic N) is 2. The molecule has 0 aliphatic carbocycles. The topological polar surface area (TPSA) is 40.6 Å². The Hall–Kier alpha value is -2.70. The minimum atomic E-state index is -0.0379. The van der Waals surface area contributed by atoms with E-state index in [4.69, 9.17) is 0 Å². The van der Waals surface area contributed by atoms with E-state index >= 15 is 0 Å². The van der Waals surface area contributed by atoms with Crippen molar-refractivity contribution in [3.63, 3.8) is 0 Å². The minimum Gasteiger partial charge on any atom is -0.295 e. The fraction of sp³-hybridized carbons (Fsp3) is 0.231. The Morgan fingerprint density at radius 3 is 1.44 bits per heavy atom. The van der Waals surface area contributed by atoms with E-state index in [-0.39, 0.29) is 22.6 Å². The monoisotopic (exact) mass is 460 g/mol. The van der Waals surface area contributed by atoms with Crippen molar-refractivity contribution in [2.24, 2.45) is 0 Å². The second-order valence-electron chi connectivity index (χ2n) is 8.20. The van der Waals surface area contributed by atoms with Crippen molar-refractivity contribution in [3.8, 4) is 0 Å². The average Bonchev–Trinajstić information content (AvgIpc) is 3.36. The number of thioether (sulfide) groups is 2. The van der Waals surface area contributed by atoms with Gasteiger partial charge in [0.05, 0.1) is 11.5 Å². The van der Waals surface area contributed by atoms with Crippen LogP contribution in [0.4, 0.5) is 11.4 Å². The molecule has 2 heterocycles. The molecule has 2 aliphatic rings. The normalized spacial score (nSPS) is 20.9. The first-order chi connectivity index (χ1) is 15.5. The number of hydrogen-bond acceptors (Lipinski definition) is 4. The molecule has 5 rings (SSSR count). The summed E-state index contributed by atoms with van der Waals surface area (Å²) in [4.78, 5) is 29.1. The van der Waals surface area contributed by atoms with Crippen LogP contribution in [0, 0.1) is 13.8 Å². The van der Waals surface area contributed by atoms with Crippen molar-refractivity contribution in [1.82, 2.24) is 0 Å². The van der Waals surface area contributed by atoms with Gasteiger partial charge in [0.15, 0.2) is 0 Å². The van der Waals surface area contributed by atoms with E-state index in [1.165, 1.54) is 0 Å². The van der Waals surface area contributed by atoms with Gasteiger partial charge in [-0.3, -0.25) is 19.4 Å². The van der Waals surface area contributed by atoms with Crippen LogP contribution in [0.3, 0.4) is 0 Å². The summed E-state index contributed by atoms with van der Waals surface area (Å²) in [5, 5.41) is -0.0758. The van der Waals surface area contributed by atoms with Crippen LogP contribution < -0.4 is 9.80 Å². The lowest BCUT2D eigenvalue weighted by Gasteiger charge is -2.27. The lowest BCUT2D eigenvalue weighted by atomic mass is 10.1. The number of rotatable bonds is 4. The van der Waals surface area contributed by atoms with Crippen LogP contribution in [0.25, 0.3) is 0 Å². The van der Waals surface area contributed by atoms with Crippen molar-refractivity contribution < 1.29 is 9.59 Å². The largest absolute Gasteiger partial charge is 0.295 e. The van der Waals surface area contributed by atoms with E-state index in [0.29, 0.717) is 11.5 Å². The molecule has 0 spiro atoms. The van der Waals surface area contributed by atoms with Crippen LogP contribution in [0.2, 0.25) is 0 Å². The molecule has 2 fully saturated rings. The molecule has 3 aromatic rings. The van der Waals surface area contributed by atoms with Crippen LogP contribution in [-0.2, 0) is 9.59 Å². The molecule has 2 unspecified atom stereocenters. The van der Waals surface area contributed by atoms with Gasteiger partial charge in [-0.1, -0.05) is 48.5 Å². The molecule has 0 aromatic heterocycles. The maximum atomic E-state index is 12.7. The lowest BCUT2D eigenvalue weighted by molar-refractivity contribution is -0.116. The first-order valence-electron chi connectivity index (χ1n) is 10.6. The molecule has 0 bridgehead atoms. The summed E-state index contributed by atoms with van der Waals surface area (Å²) in [5.41, 5.74) is 6.36. The lowest BCUT2D eigenvalue weighted by Crippen LogP contribution is -2.28. The molecular weight excluding hydrogens is 436 g/mol. The van der Waals surface area contributed by atoms with Crippen molar-refractivity contribution in [3.05, 3.63) is 95.1 Å². The molecule has 0 saturated carbocycles. The quantitative estimate of drug-likeness (QED) is 0.489. The summed E-state index contributed by atoms with van der Waals surface area (Å²) < 4.78 is 0. The zero-order valence-corrected chi connectivity index (χ0v) is 19.7. The molecule has 0 radical (unpaired) electrons. The highest BCUT2D eigenvalue weighted by atomic mass is 32.2. The predicted molar refractivity (Wildman–Crippen MR) is 134 cm³/mol. The van der Waals surface area contributed by atoms with Crippen LogP contribution >= 0.6 is 23.5 Å². The van der Waals surface area contributed by atoms with Crippen molar-refractivity contribution in [2.75, 3.05) is 21.3 Å². The molecule has 0 N–H and O–H groups in total. The number of carbonyl (C=O) groups excluding carboxylic acids is 2. The van der Waals surface area contributed by atoms with Crippen molar-refractivity contribution >= 4 is 46.7 Å². The Bertz CT molecular complexity index is 1090. The highest BCUT2D eigenvalue weighted by molar-refractivity contribution is 8.01. The number of hydrogen-bond donors (Lipinski definition) is 0. The van der Waals surface area contributed by atoms with Gasteiger partial charge in [-0.25, -0.2) is 0 Å². The molecule has 2 atom stereocenters. The molecule has 162 valence electrons. The Morgan fingerprint density at radius 1 is 0.656 bits per heavy atom. The highest BCUT2D eigenvalue weighted by Gasteiger charge is 2.36. The third-order valence-corrected chi connectivity index (χ3v) is 8.23. The molecule has 2 aliphatic heterocycles. The SMILES string of the molecule is Cc1cccc(N2C(=O)CSC2c2ccc(C3SCC(=O)N3c3cccc(C)c3)cc2)c1. The van der Waals surface area contributed by atoms with Gasteiger partial charge in [0, 0.05) is 11.4 Å². The van der Waals surface area contributed by atoms with E-state index in [2.05, 4.69) is 36.4 Å². The van der Waals surface area contributed by atoms with Crippen molar-refractivity contribution in [2.45, 2.75) is 24.6 Å². The maximum absolute atomic E-state index is 12.7.